The number of aromatic nitrogens is 3. The molecule has 114 valence electrons. The minimum atomic E-state index is -0.682. The van der Waals surface area contributed by atoms with E-state index in [9.17, 15) is 4.79 Å². The highest BCUT2D eigenvalue weighted by molar-refractivity contribution is 5.96. The number of anilines is 1. The van der Waals surface area contributed by atoms with Crippen molar-refractivity contribution in [3.63, 3.8) is 0 Å². The van der Waals surface area contributed by atoms with Crippen LogP contribution in [0.4, 0.5) is 5.95 Å². The Morgan fingerprint density at radius 2 is 2.00 bits per heavy atom. The highest BCUT2D eigenvalue weighted by Gasteiger charge is 2.39. The Morgan fingerprint density at radius 1 is 1.23 bits per heavy atom. The third-order valence-electron chi connectivity index (χ3n) is 3.94. The molecule has 1 aromatic heterocycles. The van der Waals surface area contributed by atoms with Crippen LogP contribution in [-0.2, 0) is 11.3 Å². The van der Waals surface area contributed by atoms with Gasteiger partial charge in [0.1, 0.15) is 12.4 Å². The topological polar surface area (TPSA) is 69.5 Å². The summed E-state index contributed by atoms with van der Waals surface area (Å²) in [6.45, 7) is 3.23. The molecule has 0 radical (unpaired) electrons. The fourth-order valence-electron chi connectivity index (χ4n) is 2.86. The quantitative estimate of drug-likeness (QED) is 0.792. The first-order valence-electron chi connectivity index (χ1n) is 7.35. The first kappa shape index (κ1) is 13.1. The van der Waals surface area contributed by atoms with Gasteiger partial charge in [-0.3, -0.25) is 9.69 Å². The standard InChI is InChI=1S/C15H16N4O3/c1-10-13(22-12-6-3-2-5-11(12)21-10)14(20)18-7-4-8-19-15(18)16-9-17-19/h2-3,5-6,9-10,13H,4,7-8H2,1H3/t10-,13+/m0/s1. The number of carbonyl (C=O) groups excluding carboxylic acids is 1. The van der Waals surface area contributed by atoms with E-state index in [0.29, 0.717) is 24.0 Å². The van der Waals surface area contributed by atoms with Crippen LogP contribution in [0.2, 0.25) is 0 Å². The molecule has 1 amide bonds. The van der Waals surface area contributed by atoms with Crippen LogP contribution in [0, 0.1) is 0 Å². The number of ether oxygens (including phenoxy) is 2. The van der Waals surface area contributed by atoms with E-state index in [4.69, 9.17) is 9.47 Å². The van der Waals surface area contributed by atoms with Crippen LogP contribution in [-0.4, -0.2) is 39.4 Å². The van der Waals surface area contributed by atoms with Crippen molar-refractivity contribution >= 4 is 11.9 Å². The SMILES string of the molecule is C[C@@H]1Oc2ccccc2O[C@H]1C(=O)N1CCCn2ncnc21. The lowest BCUT2D eigenvalue weighted by molar-refractivity contribution is -0.130. The van der Waals surface area contributed by atoms with Crippen molar-refractivity contribution in [3.8, 4) is 11.5 Å². The van der Waals surface area contributed by atoms with Crippen LogP contribution in [0.15, 0.2) is 30.6 Å². The second-order valence-electron chi connectivity index (χ2n) is 5.43. The molecule has 4 rings (SSSR count). The predicted molar refractivity (Wildman–Crippen MR) is 77.9 cm³/mol. The summed E-state index contributed by atoms with van der Waals surface area (Å²) < 4.78 is 13.4. The number of rotatable bonds is 1. The van der Waals surface area contributed by atoms with Crippen molar-refractivity contribution in [2.45, 2.75) is 32.1 Å². The van der Waals surface area contributed by atoms with Crippen molar-refractivity contribution < 1.29 is 14.3 Å². The molecule has 2 aromatic rings. The Morgan fingerprint density at radius 3 is 2.82 bits per heavy atom. The van der Waals surface area contributed by atoms with E-state index < -0.39 is 6.10 Å². The predicted octanol–water partition coefficient (Wildman–Crippen LogP) is 1.24. The molecular formula is C15H16N4O3. The van der Waals surface area contributed by atoms with Crippen LogP contribution in [0.3, 0.4) is 0 Å². The molecule has 0 N–H and O–H groups in total. The van der Waals surface area contributed by atoms with E-state index in [1.807, 2.05) is 25.1 Å². The lowest BCUT2D eigenvalue weighted by Crippen LogP contribution is -2.52. The van der Waals surface area contributed by atoms with Gasteiger partial charge in [-0.2, -0.15) is 10.1 Å². The Hall–Kier alpha value is -2.57. The fourth-order valence-corrected chi connectivity index (χ4v) is 2.86. The zero-order valence-electron chi connectivity index (χ0n) is 12.2. The molecule has 0 aliphatic carbocycles. The molecule has 0 fully saturated rings. The van der Waals surface area contributed by atoms with Crippen molar-refractivity contribution in [2.75, 3.05) is 11.4 Å². The highest BCUT2D eigenvalue weighted by Crippen LogP contribution is 2.34. The minimum absolute atomic E-state index is 0.143. The first-order valence-corrected chi connectivity index (χ1v) is 7.35. The van der Waals surface area contributed by atoms with Crippen molar-refractivity contribution in [3.05, 3.63) is 30.6 Å². The average molecular weight is 300 g/mol. The molecule has 7 heteroatoms. The highest BCUT2D eigenvalue weighted by atomic mass is 16.6. The number of aryl methyl sites for hydroxylation is 1. The van der Waals surface area contributed by atoms with Crippen LogP contribution in [0.5, 0.6) is 11.5 Å². The Balaban J connectivity index is 1.62. The number of benzene rings is 1. The fraction of sp³-hybridized carbons (Fsp3) is 0.400. The van der Waals surface area contributed by atoms with Crippen LogP contribution in [0.1, 0.15) is 13.3 Å². The van der Waals surface area contributed by atoms with Gasteiger partial charge in [0.05, 0.1) is 0 Å². The average Bonchev–Trinajstić information content (AvgIpc) is 3.02. The van der Waals surface area contributed by atoms with E-state index in [0.717, 1.165) is 13.0 Å². The van der Waals surface area contributed by atoms with Gasteiger partial charge in [-0.25, -0.2) is 4.68 Å². The van der Waals surface area contributed by atoms with E-state index >= 15 is 0 Å². The van der Waals surface area contributed by atoms with Gasteiger partial charge in [0.15, 0.2) is 11.5 Å². The number of para-hydroxylation sites is 2. The summed E-state index contributed by atoms with van der Waals surface area (Å²) in [5.41, 5.74) is 0. The molecular weight excluding hydrogens is 284 g/mol. The van der Waals surface area contributed by atoms with Gasteiger partial charge in [0, 0.05) is 13.1 Å². The zero-order chi connectivity index (χ0) is 15.1. The molecule has 0 unspecified atom stereocenters. The normalized spacial score (nSPS) is 23.0. The smallest absolute Gasteiger partial charge is 0.274 e. The molecule has 0 spiro atoms. The van der Waals surface area contributed by atoms with E-state index in [1.54, 1.807) is 15.6 Å². The number of fused-ring (bicyclic) bond motifs is 2. The second-order valence-corrected chi connectivity index (χ2v) is 5.43. The monoisotopic (exact) mass is 300 g/mol. The van der Waals surface area contributed by atoms with Gasteiger partial charge >= 0.3 is 0 Å². The maximum atomic E-state index is 12.9. The van der Waals surface area contributed by atoms with Crippen LogP contribution < -0.4 is 14.4 Å². The lowest BCUT2D eigenvalue weighted by atomic mass is 10.1. The molecule has 0 saturated carbocycles. The summed E-state index contributed by atoms with van der Waals surface area (Å²) in [7, 11) is 0. The molecule has 22 heavy (non-hydrogen) atoms. The summed E-state index contributed by atoms with van der Waals surface area (Å²) in [5.74, 6) is 1.69. The molecule has 2 atom stereocenters. The maximum Gasteiger partial charge on any atom is 0.274 e. The summed E-state index contributed by atoms with van der Waals surface area (Å²) in [4.78, 5) is 18.7. The van der Waals surface area contributed by atoms with Crippen molar-refractivity contribution in [2.24, 2.45) is 0 Å². The van der Waals surface area contributed by atoms with Crippen molar-refractivity contribution in [1.82, 2.24) is 14.8 Å². The number of hydrogen-bond acceptors (Lipinski definition) is 5. The number of carbonyl (C=O) groups is 1. The second kappa shape index (κ2) is 5.01. The third kappa shape index (κ3) is 2.01. The number of amides is 1. The van der Waals surface area contributed by atoms with Crippen LogP contribution >= 0.6 is 0 Å². The maximum absolute atomic E-state index is 12.9. The molecule has 1 aromatic carbocycles. The van der Waals surface area contributed by atoms with Crippen LogP contribution in [0.25, 0.3) is 0 Å². The van der Waals surface area contributed by atoms with E-state index in [2.05, 4.69) is 10.1 Å². The largest absolute Gasteiger partial charge is 0.482 e. The first-order chi connectivity index (χ1) is 10.7. The van der Waals surface area contributed by atoms with Crippen molar-refractivity contribution in [1.29, 1.82) is 0 Å². The van der Waals surface area contributed by atoms with E-state index in [-0.39, 0.29) is 12.0 Å². The van der Waals surface area contributed by atoms with Gasteiger partial charge < -0.3 is 9.47 Å². The summed E-state index contributed by atoms with van der Waals surface area (Å²) in [5, 5.41) is 4.13. The van der Waals surface area contributed by atoms with E-state index in [1.165, 1.54) is 6.33 Å². The molecule has 7 nitrogen and oxygen atoms in total. The zero-order valence-corrected chi connectivity index (χ0v) is 12.2. The Labute approximate surface area is 127 Å². The molecule has 2 aliphatic heterocycles. The summed E-state index contributed by atoms with van der Waals surface area (Å²) in [6.07, 6.45) is 1.28. The van der Waals surface area contributed by atoms with Gasteiger partial charge in [-0.05, 0) is 25.5 Å². The molecule has 0 bridgehead atoms. The number of nitrogens with zero attached hydrogens (tertiary/aromatic N) is 4. The van der Waals surface area contributed by atoms with Gasteiger partial charge in [0.2, 0.25) is 12.1 Å². The Kier molecular flexibility index (Phi) is 2.99. The molecule has 2 aliphatic rings. The number of hydrogen-bond donors (Lipinski definition) is 0. The molecule has 3 heterocycles. The lowest BCUT2D eigenvalue weighted by Gasteiger charge is -2.35. The summed E-state index contributed by atoms with van der Waals surface area (Å²) in [6, 6.07) is 7.38. The summed E-state index contributed by atoms with van der Waals surface area (Å²) >= 11 is 0. The van der Waals surface area contributed by atoms with Gasteiger partial charge in [-0.1, -0.05) is 12.1 Å². The minimum Gasteiger partial charge on any atom is -0.482 e. The van der Waals surface area contributed by atoms with Gasteiger partial charge in [-0.15, -0.1) is 0 Å². The third-order valence-corrected chi connectivity index (χ3v) is 3.94. The Bertz CT molecular complexity index is 714. The van der Waals surface area contributed by atoms with Gasteiger partial charge in [0.25, 0.3) is 5.91 Å². The molecule has 0 saturated heterocycles.